The van der Waals surface area contributed by atoms with Crippen LogP contribution in [-0.4, -0.2) is 83.7 Å². The van der Waals surface area contributed by atoms with E-state index in [2.05, 4.69) is 35.5 Å². The number of hydrogen-bond acceptors (Lipinski definition) is 9. The molecule has 0 unspecified atom stereocenters. The molecule has 0 radical (unpaired) electrons. The smallest absolute Gasteiger partial charge is 0.387 e. The van der Waals surface area contributed by atoms with Crippen LogP contribution in [0, 0.1) is 0 Å². The lowest BCUT2D eigenvalue weighted by Crippen LogP contribution is -2.49. The molecule has 0 spiro atoms. The maximum Gasteiger partial charge on any atom is 0.387 e. The summed E-state index contributed by atoms with van der Waals surface area (Å²) < 4.78 is 39.4. The summed E-state index contributed by atoms with van der Waals surface area (Å²) in [5.41, 5.74) is 4.59. The van der Waals surface area contributed by atoms with Gasteiger partial charge >= 0.3 is 6.61 Å². The van der Waals surface area contributed by atoms with Crippen molar-refractivity contribution in [2.24, 2.45) is 7.05 Å². The van der Waals surface area contributed by atoms with Crippen LogP contribution >= 0.6 is 0 Å². The Morgan fingerprint density at radius 2 is 1.80 bits per heavy atom. The van der Waals surface area contributed by atoms with Crippen molar-refractivity contribution in [2.75, 3.05) is 62.0 Å². The molecule has 0 bridgehead atoms. The summed E-state index contributed by atoms with van der Waals surface area (Å²) in [4.78, 5) is 13.5. The third-order valence-electron chi connectivity index (χ3n) is 7.93. The Labute approximate surface area is 237 Å². The highest BCUT2D eigenvalue weighted by molar-refractivity contribution is 5.85. The van der Waals surface area contributed by atoms with Crippen LogP contribution in [0.5, 0.6) is 5.75 Å². The minimum atomic E-state index is -2.97. The Kier molecular flexibility index (Phi) is 7.84. The fourth-order valence-corrected chi connectivity index (χ4v) is 5.76. The summed E-state index contributed by atoms with van der Waals surface area (Å²) in [6.07, 6.45) is 5.27. The molecule has 41 heavy (non-hydrogen) atoms. The summed E-state index contributed by atoms with van der Waals surface area (Å²) >= 11 is 0. The van der Waals surface area contributed by atoms with E-state index in [0.717, 1.165) is 80.1 Å². The summed E-state index contributed by atoms with van der Waals surface area (Å²) in [5.74, 6) is 0.515. The van der Waals surface area contributed by atoms with Gasteiger partial charge in [-0.15, -0.1) is 0 Å². The molecule has 2 aromatic carbocycles. The van der Waals surface area contributed by atoms with Gasteiger partial charge in [0, 0.05) is 69.4 Å². The molecular weight excluding hydrogens is 530 g/mol. The van der Waals surface area contributed by atoms with Crippen molar-refractivity contribution in [3.63, 3.8) is 0 Å². The van der Waals surface area contributed by atoms with Crippen molar-refractivity contribution >= 4 is 33.8 Å². The molecule has 0 amide bonds. The number of piperidine rings is 1. The van der Waals surface area contributed by atoms with E-state index in [-0.39, 0.29) is 5.75 Å². The largest absolute Gasteiger partial charge is 0.433 e. The minimum Gasteiger partial charge on any atom is -0.433 e. The van der Waals surface area contributed by atoms with Crippen molar-refractivity contribution in [3.05, 3.63) is 48.9 Å². The van der Waals surface area contributed by atoms with Crippen molar-refractivity contribution in [1.82, 2.24) is 24.6 Å². The van der Waals surface area contributed by atoms with Crippen molar-refractivity contribution in [3.8, 4) is 17.0 Å². The predicted molar refractivity (Wildman–Crippen MR) is 155 cm³/mol. The second kappa shape index (κ2) is 11.8. The summed E-state index contributed by atoms with van der Waals surface area (Å²) in [6.45, 7) is 2.16. The van der Waals surface area contributed by atoms with Crippen LogP contribution in [0.4, 0.5) is 31.7 Å². The van der Waals surface area contributed by atoms with Crippen LogP contribution in [0.3, 0.4) is 0 Å². The van der Waals surface area contributed by atoms with E-state index < -0.39 is 6.61 Å². The number of anilines is 4. The number of halogens is 2. The third-order valence-corrected chi connectivity index (χ3v) is 7.93. The number of fused-ring (bicyclic) bond motifs is 1. The number of alkyl halides is 2. The van der Waals surface area contributed by atoms with Gasteiger partial charge in [0.05, 0.1) is 47.7 Å². The van der Waals surface area contributed by atoms with E-state index in [9.17, 15) is 8.78 Å². The normalized spacial score (nSPS) is 16.9. The number of morpholine rings is 1. The first-order chi connectivity index (χ1) is 20.0. The monoisotopic (exact) mass is 564 g/mol. The second-order valence-electron chi connectivity index (χ2n) is 10.3. The molecule has 2 saturated heterocycles. The van der Waals surface area contributed by atoms with Gasteiger partial charge in [0.15, 0.2) is 5.75 Å². The average Bonchev–Trinajstić information content (AvgIpc) is 3.38. The maximum atomic E-state index is 13.5. The van der Waals surface area contributed by atoms with E-state index in [0.29, 0.717) is 23.2 Å². The molecule has 2 N–H and O–H groups in total. The Morgan fingerprint density at radius 1 is 1.00 bits per heavy atom. The highest BCUT2D eigenvalue weighted by Gasteiger charge is 2.28. The Bertz CT molecular complexity index is 1500. The SMILES string of the molecule is CNc1cc(Nc2cc(-c3ccc4cnn(C)c4c3)ncn2)c(OC(F)F)cc1N1CCC(N2CCOCC2)CC1. The molecule has 216 valence electrons. The number of benzene rings is 2. The van der Waals surface area contributed by atoms with Gasteiger partial charge in [-0.05, 0) is 25.0 Å². The first-order valence-corrected chi connectivity index (χ1v) is 13.9. The fourth-order valence-electron chi connectivity index (χ4n) is 5.76. The Morgan fingerprint density at radius 3 is 2.56 bits per heavy atom. The molecule has 10 nitrogen and oxygen atoms in total. The van der Waals surface area contributed by atoms with Crippen molar-refractivity contribution in [1.29, 1.82) is 0 Å². The lowest BCUT2D eigenvalue weighted by atomic mass is 10.0. The molecule has 6 rings (SSSR count). The van der Waals surface area contributed by atoms with E-state index in [1.165, 1.54) is 6.33 Å². The predicted octanol–water partition coefficient (Wildman–Crippen LogP) is 4.72. The molecule has 2 aromatic heterocycles. The van der Waals surface area contributed by atoms with Gasteiger partial charge < -0.3 is 25.0 Å². The first kappa shape index (κ1) is 27.2. The lowest BCUT2D eigenvalue weighted by molar-refractivity contribution is -0.0493. The highest BCUT2D eigenvalue weighted by Crippen LogP contribution is 2.40. The zero-order valence-corrected chi connectivity index (χ0v) is 23.2. The number of rotatable bonds is 8. The standard InChI is InChI=1S/C29H34F2N8O2/c1-32-23-14-24(36-28-15-22(33-18-34-28)19-3-4-20-17-35-37(2)25(20)13-19)27(41-29(30)31)16-26(23)39-7-5-21(6-8-39)38-9-11-40-12-10-38/h3-4,13-18,21,29,32H,5-12H2,1-2H3,(H,33,34,36). The number of aromatic nitrogens is 4. The molecule has 0 aliphatic carbocycles. The summed E-state index contributed by atoms with van der Waals surface area (Å²) in [5, 5.41) is 11.8. The molecule has 2 aliphatic heterocycles. The molecule has 12 heteroatoms. The van der Waals surface area contributed by atoms with E-state index in [1.807, 2.05) is 38.5 Å². The molecule has 2 aliphatic rings. The topological polar surface area (TPSA) is 92.6 Å². The van der Waals surface area contributed by atoms with Gasteiger partial charge in [0.1, 0.15) is 12.1 Å². The van der Waals surface area contributed by atoms with Gasteiger partial charge in [-0.1, -0.05) is 12.1 Å². The molecule has 4 aromatic rings. The van der Waals surface area contributed by atoms with Crippen LogP contribution in [0.25, 0.3) is 22.2 Å². The van der Waals surface area contributed by atoms with Gasteiger partial charge in [0.2, 0.25) is 0 Å². The van der Waals surface area contributed by atoms with Crippen LogP contribution in [0.15, 0.2) is 48.9 Å². The number of nitrogens with one attached hydrogen (secondary N) is 2. The van der Waals surface area contributed by atoms with E-state index in [1.54, 1.807) is 22.9 Å². The van der Waals surface area contributed by atoms with Gasteiger partial charge in [0.25, 0.3) is 0 Å². The van der Waals surface area contributed by atoms with Crippen LogP contribution in [0.2, 0.25) is 0 Å². The Hall–Kier alpha value is -4.03. The third kappa shape index (κ3) is 5.89. The number of hydrogen-bond donors (Lipinski definition) is 2. The lowest BCUT2D eigenvalue weighted by Gasteiger charge is -2.41. The highest BCUT2D eigenvalue weighted by atomic mass is 19.3. The van der Waals surface area contributed by atoms with Gasteiger partial charge in [-0.2, -0.15) is 13.9 Å². The number of aryl methyl sites for hydroxylation is 1. The zero-order valence-electron chi connectivity index (χ0n) is 23.2. The fraction of sp³-hybridized carbons (Fsp3) is 0.414. The minimum absolute atomic E-state index is 0.0563. The number of nitrogens with zero attached hydrogens (tertiary/aromatic N) is 6. The second-order valence-corrected chi connectivity index (χ2v) is 10.3. The van der Waals surface area contributed by atoms with Crippen molar-refractivity contribution < 1.29 is 18.3 Å². The first-order valence-electron chi connectivity index (χ1n) is 13.9. The van der Waals surface area contributed by atoms with E-state index >= 15 is 0 Å². The zero-order chi connectivity index (χ0) is 28.3. The van der Waals surface area contributed by atoms with Crippen LogP contribution in [-0.2, 0) is 11.8 Å². The van der Waals surface area contributed by atoms with Gasteiger partial charge in [-0.3, -0.25) is 9.58 Å². The molecular formula is C29H34F2N8O2. The molecule has 4 heterocycles. The quantitative estimate of drug-likeness (QED) is 0.315. The summed E-state index contributed by atoms with van der Waals surface area (Å²) in [6, 6.07) is 11.7. The molecule has 0 saturated carbocycles. The van der Waals surface area contributed by atoms with E-state index in [4.69, 9.17) is 9.47 Å². The maximum absolute atomic E-state index is 13.5. The van der Waals surface area contributed by atoms with Crippen molar-refractivity contribution in [2.45, 2.75) is 25.5 Å². The summed E-state index contributed by atoms with van der Waals surface area (Å²) in [7, 11) is 3.72. The Balaban J connectivity index is 1.25. The average molecular weight is 565 g/mol. The van der Waals surface area contributed by atoms with Gasteiger partial charge in [-0.25, -0.2) is 9.97 Å². The molecule has 2 fully saturated rings. The van der Waals surface area contributed by atoms with Crippen LogP contribution < -0.4 is 20.3 Å². The molecule has 0 atom stereocenters. The van der Waals surface area contributed by atoms with Crippen LogP contribution in [0.1, 0.15) is 12.8 Å². The number of ether oxygens (including phenoxy) is 2.